The zero-order chi connectivity index (χ0) is 18.2. The summed E-state index contributed by atoms with van der Waals surface area (Å²) in [6.45, 7) is 5.02. The predicted octanol–water partition coefficient (Wildman–Crippen LogP) is 3.28. The second kappa shape index (κ2) is 13.2. The number of nitrogens with two attached hydrogens (primary N) is 1. The highest BCUT2D eigenvalue weighted by Gasteiger charge is 2.24. The normalized spacial score (nSPS) is 18.0. The van der Waals surface area contributed by atoms with E-state index in [1.807, 2.05) is 17.0 Å². The van der Waals surface area contributed by atoms with Crippen molar-refractivity contribution < 1.29 is 9.53 Å². The Bertz CT molecular complexity index is 558. The van der Waals surface area contributed by atoms with E-state index in [9.17, 15) is 4.79 Å². The van der Waals surface area contributed by atoms with Crippen molar-refractivity contribution in [2.24, 2.45) is 5.73 Å². The predicted molar refractivity (Wildman–Crippen MR) is 118 cm³/mol. The Hall–Kier alpha value is -1.08. The molecule has 0 aliphatic carbocycles. The molecule has 0 saturated carbocycles. The number of hydrogen-bond acceptors (Lipinski definition) is 5. The summed E-state index contributed by atoms with van der Waals surface area (Å²) in [7, 11) is 0. The number of carbonyl (C=O) groups is 1. The Morgan fingerprint density at radius 1 is 1.07 bits per heavy atom. The van der Waals surface area contributed by atoms with Crippen LogP contribution in [0.1, 0.15) is 55.3 Å². The number of ether oxygens (including phenoxy) is 1. The average Bonchev–Trinajstić information content (AvgIpc) is 2.98. The van der Waals surface area contributed by atoms with Crippen LogP contribution in [0.15, 0.2) is 18.3 Å². The summed E-state index contributed by atoms with van der Waals surface area (Å²) >= 11 is 0. The number of halogens is 2. The van der Waals surface area contributed by atoms with E-state index < -0.39 is 0 Å². The van der Waals surface area contributed by atoms with E-state index >= 15 is 0 Å². The molecule has 2 fully saturated rings. The van der Waals surface area contributed by atoms with Crippen LogP contribution in [0, 0.1) is 0 Å². The van der Waals surface area contributed by atoms with E-state index in [4.69, 9.17) is 10.5 Å². The molecule has 2 N–H and O–H groups in total. The lowest BCUT2D eigenvalue weighted by Crippen LogP contribution is -2.41. The SMILES string of the molecule is Cl.Cl.NCCCOC1CCN(C(=O)c2ccc(N3CCCCCC3)nc2)CC1. The number of amides is 1. The third-order valence-electron chi connectivity index (χ3n) is 5.36. The molecular weight excluding hydrogens is 399 g/mol. The zero-order valence-electron chi connectivity index (χ0n) is 16.6. The molecule has 8 heteroatoms. The molecule has 0 atom stereocenters. The van der Waals surface area contributed by atoms with Gasteiger partial charge in [-0.15, -0.1) is 24.8 Å². The minimum Gasteiger partial charge on any atom is -0.378 e. The van der Waals surface area contributed by atoms with Gasteiger partial charge in [0.15, 0.2) is 0 Å². The molecule has 2 aliphatic heterocycles. The third kappa shape index (κ3) is 7.07. The maximum Gasteiger partial charge on any atom is 0.255 e. The highest BCUT2D eigenvalue weighted by Crippen LogP contribution is 2.20. The van der Waals surface area contributed by atoms with Gasteiger partial charge in [0, 0.05) is 39.0 Å². The Morgan fingerprint density at radius 3 is 2.32 bits per heavy atom. The maximum atomic E-state index is 12.7. The van der Waals surface area contributed by atoms with Crippen LogP contribution in [0.2, 0.25) is 0 Å². The van der Waals surface area contributed by atoms with Gasteiger partial charge < -0.3 is 20.3 Å². The number of nitrogens with zero attached hydrogens (tertiary/aromatic N) is 3. The van der Waals surface area contributed by atoms with Gasteiger partial charge >= 0.3 is 0 Å². The molecule has 0 spiro atoms. The van der Waals surface area contributed by atoms with Gasteiger partial charge in [0.1, 0.15) is 5.82 Å². The number of anilines is 1. The van der Waals surface area contributed by atoms with Crippen LogP contribution < -0.4 is 10.6 Å². The summed E-state index contributed by atoms with van der Waals surface area (Å²) < 4.78 is 5.81. The smallest absolute Gasteiger partial charge is 0.255 e. The summed E-state index contributed by atoms with van der Waals surface area (Å²) in [5.74, 6) is 1.08. The molecule has 0 unspecified atom stereocenters. The standard InChI is InChI=1S/C20H32N4O2.2ClH/c21-10-5-15-26-18-8-13-24(14-9-18)20(25)17-6-7-19(22-16-17)23-11-3-1-2-4-12-23;;/h6-7,16,18H,1-5,8-15,21H2;2*1H. The lowest BCUT2D eigenvalue weighted by atomic mass is 10.1. The van der Waals surface area contributed by atoms with Gasteiger partial charge in [0.25, 0.3) is 5.91 Å². The number of rotatable bonds is 6. The minimum absolute atomic E-state index is 0. The minimum atomic E-state index is 0. The molecule has 3 heterocycles. The monoisotopic (exact) mass is 432 g/mol. The number of pyridine rings is 1. The number of carbonyl (C=O) groups excluding carboxylic acids is 1. The first-order chi connectivity index (χ1) is 12.8. The third-order valence-corrected chi connectivity index (χ3v) is 5.36. The Morgan fingerprint density at radius 2 is 1.75 bits per heavy atom. The number of piperidine rings is 1. The van der Waals surface area contributed by atoms with Crippen LogP contribution in [-0.2, 0) is 4.74 Å². The summed E-state index contributed by atoms with van der Waals surface area (Å²) in [5, 5.41) is 0. The average molecular weight is 433 g/mol. The van der Waals surface area contributed by atoms with Crippen LogP contribution in [0.5, 0.6) is 0 Å². The number of aromatic nitrogens is 1. The van der Waals surface area contributed by atoms with E-state index in [1.54, 1.807) is 6.20 Å². The van der Waals surface area contributed by atoms with Crippen molar-refractivity contribution in [2.75, 3.05) is 44.2 Å². The van der Waals surface area contributed by atoms with Crippen molar-refractivity contribution in [3.8, 4) is 0 Å². The second-order valence-corrected chi connectivity index (χ2v) is 7.31. The molecule has 2 aliphatic rings. The Labute approximate surface area is 181 Å². The van der Waals surface area contributed by atoms with Gasteiger partial charge in [0.2, 0.25) is 0 Å². The number of hydrogen-bond donors (Lipinski definition) is 1. The lowest BCUT2D eigenvalue weighted by Gasteiger charge is -2.32. The fourth-order valence-electron chi connectivity index (χ4n) is 3.74. The largest absolute Gasteiger partial charge is 0.378 e. The molecular formula is C20H34Cl2N4O2. The molecule has 1 aromatic heterocycles. The molecule has 1 aromatic rings. The van der Waals surface area contributed by atoms with Gasteiger partial charge in [-0.1, -0.05) is 12.8 Å². The topological polar surface area (TPSA) is 71.7 Å². The van der Waals surface area contributed by atoms with E-state index in [1.165, 1.54) is 25.7 Å². The van der Waals surface area contributed by atoms with E-state index in [-0.39, 0.29) is 36.8 Å². The van der Waals surface area contributed by atoms with Crippen molar-refractivity contribution in [1.82, 2.24) is 9.88 Å². The quantitative estimate of drug-likeness (QED) is 0.698. The van der Waals surface area contributed by atoms with Gasteiger partial charge in [-0.05, 0) is 50.8 Å². The van der Waals surface area contributed by atoms with Crippen molar-refractivity contribution >= 4 is 36.5 Å². The molecule has 3 rings (SSSR count). The molecule has 28 heavy (non-hydrogen) atoms. The van der Waals surface area contributed by atoms with Crippen molar-refractivity contribution in [3.63, 3.8) is 0 Å². The van der Waals surface area contributed by atoms with Gasteiger partial charge in [-0.2, -0.15) is 0 Å². The van der Waals surface area contributed by atoms with Crippen molar-refractivity contribution in [1.29, 1.82) is 0 Å². The fraction of sp³-hybridized carbons (Fsp3) is 0.700. The summed E-state index contributed by atoms with van der Waals surface area (Å²) in [4.78, 5) is 21.6. The maximum absolute atomic E-state index is 12.7. The van der Waals surface area contributed by atoms with Gasteiger partial charge in [-0.3, -0.25) is 4.79 Å². The molecule has 0 radical (unpaired) electrons. The zero-order valence-corrected chi connectivity index (χ0v) is 18.2. The molecule has 160 valence electrons. The lowest BCUT2D eigenvalue weighted by molar-refractivity contribution is 0.00844. The summed E-state index contributed by atoms with van der Waals surface area (Å²) in [6.07, 6.45) is 9.76. The van der Waals surface area contributed by atoms with Crippen LogP contribution in [0.3, 0.4) is 0 Å². The van der Waals surface area contributed by atoms with Crippen molar-refractivity contribution in [2.45, 2.75) is 51.0 Å². The van der Waals surface area contributed by atoms with Crippen molar-refractivity contribution in [3.05, 3.63) is 23.9 Å². The summed E-state index contributed by atoms with van der Waals surface area (Å²) in [6, 6.07) is 3.93. The van der Waals surface area contributed by atoms with Crippen LogP contribution >= 0.6 is 24.8 Å². The van der Waals surface area contributed by atoms with E-state index in [2.05, 4.69) is 9.88 Å². The number of likely N-dealkylation sites (tertiary alicyclic amines) is 1. The highest BCUT2D eigenvalue weighted by atomic mass is 35.5. The molecule has 0 aromatic carbocycles. The molecule has 1 amide bonds. The van der Waals surface area contributed by atoms with Crippen LogP contribution in [-0.4, -0.2) is 61.2 Å². The highest BCUT2D eigenvalue weighted by molar-refractivity contribution is 5.94. The Balaban J connectivity index is 0.00000196. The first-order valence-corrected chi connectivity index (χ1v) is 10.1. The fourth-order valence-corrected chi connectivity index (χ4v) is 3.74. The first kappa shape index (κ1) is 25.0. The second-order valence-electron chi connectivity index (χ2n) is 7.31. The van der Waals surface area contributed by atoms with E-state index in [0.717, 1.165) is 57.9 Å². The molecule has 6 nitrogen and oxygen atoms in total. The van der Waals surface area contributed by atoms with E-state index in [0.29, 0.717) is 12.1 Å². The van der Waals surface area contributed by atoms with Gasteiger partial charge in [0.05, 0.1) is 11.7 Å². The van der Waals surface area contributed by atoms with Crippen LogP contribution in [0.25, 0.3) is 0 Å². The van der Waals surface area contributed by atoms with Gasteiger partial charge in [-0.25, -0.2) is 4.98 Å². The first-order valence-electron chi connectivity index (χ1n) is 10.1. The summed E-state index contributed by atoms with van der Waals surface area (Å²) in [5.41, 5.74) is 6.18. The Kier molecular flexibility index (Phi) is 11.8. The van der Waals surface area contributed by atoms with Crippen LogP contribution in [0.4, 0.5) is 5.82 Å². The molecule has 0 bridgehead atoms. The molecule has 2 saturated heterocycles.